The van der Waals surface area contributed by atoms with Crippen molar-refractivity contribution in [2.24, 2.45) is 0 Å². The van der Waals surface area contributed by atoms with E-state index < -0.39 is 0 Å². The Balaban J connectivity index is 1.56. The molecule has 1 saturated heterocycles. The highest BCUT2D eigenvalue weighted by atomic mass is 16.5. The van der Waals surface area contributed by atoms with Gasteiger partial charge in [0.25, 0.3) is 0 Å². The Kier molecular flexibility index (Phi) is 5.07. The molecule has 0 bridgehead atoms. The topological polar surface area (TPSA) is 71.9 Å². The fourth-order valence-corrected chi connectivity index (χ4v) is 3.00. The van der Waals surface area contributed by atoms with Gasteiger partial charge in [-0.2, -0.15) is 10.2 Å². The number of aromatic nitrogens is 5. The van der Waals surface area contributed by atoms with Crippen LogP contribution in [-0.2, 0) is 17.7 Å². The summed E-state index contributed by atoms with van der Waals surface area (Å²) in [7, 11) is 0. The van der Waals surface area contributed by atoms with Crippen LogP contribution in [0, 0.1) is 13.8 Å². The van der Waals surface area contributed by atoms with Crippen molar-refractivity contribution in [1.82, 2.24) is 29.9 Å². The summed E-state index contributed by atoms with van der Waals surface area (Å²) in [6.07, 6.45) is 1.96. The third-order valence-corrected chi connectivity index (χ3v) is 4.21. The van der Waals surface area contributed by atoms with Crippen molar-refractivity contribution in [3.05, 3.63) is 29.1 Å². The average Bonchev–Trinajstić information content (AvgIpc) is 3.12. The SMILES string of the molecule is CCCc1nc([C@H]2CN(CCn3nc(C)cc3C)CCO2)n[nH]1. The van der Waals surface area contributed by atoms with Crippen LogP contribution in [0.1, 0.15) is 42.5 Å². The molecule has 0 aromatic carbocycles. The number of nitrogens with one attached hydrogen (secondary N) is 1. The predicted molar refractivity (Wildman–Crippen MR) is 87.2 cm³/mol. The third-order valence-electron chi connectivity index (χ3n) is 4.21. The van der Waals surface area contributed by atoms with Crippen LogP contribution in [0.4, 0.5) is 0 Å². The molecule has 2 aromatic heterocycles. The monoisotopic (exact) mass is 318 g/mol. The van der Waals surface area contributed by atoms with Gasteiger partial charge >= 0.3 is 0 Å². The third kappa shape index (κ3) is 3.97. The summed E-state index contributed by atoms with van der Waals surface area (Å²) in [4.78, 5) is 6.96. The van der Waals surface area contributed by atoms with Crippen molar-refractivity contribution < 1.29 is 4.74 Å². The first-order valence-corrected chi connectivity index (χ1v) is 8.42. The van der Waals surface area contributed by atoms with E-state index >= 15 is 0 Å². The smallest absolute Gasteiger partial charge is 0.180 e. The fourth-order valence-electron chi connectivity index (χ4n) is 3.00. The normalized spacial score (nSPS) is 19.3. The van der Waals surface area contributed by atoms with Crippen LogP contribution >= 0.6 is 0 Å². The van der Waals surface area contributed by atoms with Crippen LogP contribution < -0.4 is 0 Å². The largest absolute Gasteiger partial charge is 0.367 e. The van der Waals surface area contributed by atoms with Crippen molar-refractivity contribution >= 4 is 0 Å². The molecule has 0 unspecified atom stereocenters. The highest BCUT2D eigenvalue weighted by Gasteiger charge is 2.25. The summed E-state index contributed by atoms with van der Waals surface area (Å²) in [6, 6.07) is 2.12. The summed E-state index contributed by atoms with van der Waals surface area (Å²) in [5.41, 5.74) is 2.29. The standard InChI is InChI=1S/C16H26N6O/c1-4-5-15-17-16(19-18-15)14-11-21(8-9-23-14)6-7-22-13(3)10-12(2)20-22/h10,14H,4-9,11H2,1-3H3,(H,17,18,19)/t14-/m1/s1. The summed E-state index contributed by atoms with van der Waals surface area (Å²) in [5, 5.41) is 11.9. The molecule has 1 aliphatic heterocycles. The van der Waals surface area contributed by atoms with Gasteiger partial charge in [0, 0.05) is 31.7 Å². The molecule has 126 valence electrons. The zero-order valence-corrected chi connectivity index (χ0v) is 14.2. The van der Waals surface area contributed by atoms with Crippen molar-refractivity contribution in [3.63, 3.8) is 0 Å². The maximum atomic E-state index is 5.86. The van der Waals surface area contributed by atoms with E-state index in [0.29, 0.717) is 0 Å². The van der Waals surface area contributed by atoms with Gasteiger partial charge in [-0.3, -0.25) is 14.7 Å². The molecule has 1 atom stereocenters. The number of hydrogen-bond donors (Lipinski definition) is 1. The summed E-state index contributed by atoms with van der Waals surface area (Å²) in [5.74, 6) is 1.73. The van der Waals surface area contributed by atoms with Crippen LogP contribution in [-0.4, -0.2) is 56.1 Å². The molecule has 0 saturated carbocycles. The van der Waals surface area contributed by atoms with Gasteiger partial charge in [0.2, 0.25) is 0 Å². The fraction of sp³-hybridized carbons (Fsp3) is 0.688. The molecule has 23 heavy (non-hydrogen) atoms. The van der Waals surface area contributed by atoms with E-state index in [4.69, 9.17) is 4.74 Å². The predicted octanol–water partition coefficient (Wildman–Crippen LogP) is 1.64. The Morgan fingerprint density at radius 2 is 2.22 bits per heavy atom. The average molecular weight is 318 g/mol. The molecule has 1 N–H and O–H groups in total. The van der Waals surface area contributed by atoms with E-state index in [2.05, 4.69) is 49.8 Å². The summed E-state index contributed by atoms with van der Waals surface area (Å²) < 4.78 is 7.93. The zero-order chi connectivity index (χ0) is 16.2. The number of aromatic amines is 1. The molecule has 1 aliphatic rings. The van der Waals surface area contributed by atoms with Crippen molar-refractivity contribution in [2.45, 2.75) is 46.3 Å². The second kappa shape index (κ2) is 7.23. The number of aryl methyl sites for hydroxylation is 3. The lowest BCUT2D eigenvalue weighted by molar-refractivity contribution is -0.0353. The van der Waals surface area contributed by atoms with Gasteiger partial charge in [-0.05, 0) is 26.3 Å². The van der Waals surface area contributed by atoms with Gasteiger partial charge in [-0.15, -0.1) is 0 Å². The van der Waals surface area contributed by atoms with Gasteiger partial charge in [-0.1, -0.05) is 6.92 Å². The number of H-pyrrole nitrogens is 1. The molecule has 0 aliphatic carbocycles. The van der Waals surface area contributed by atoms with E-state index in [1.54, 1.807) is 0 Å². The highest BCUT2D eigenvalue weighted by molar-refractivity contribution is 5.06. The molecular formula is C16H26N6O. The minimum Gasteiger partial charge on any atom is -0.367 e. The second-order valence-corrected chi connectivity index (χ2v) is 6.20. The quantitative estimate of drug-likeness (QED) is 0.877. The Bertz CT molecular complexity index is 634. The molecule has 0 amide bonds. The van der Waals surface area contributed by atoms with Gasteiger partial charge in [0.15, 0.2) is 5.82 Å². The van der Waals surface area contributed by atoms with Crippen LogP contribution in [0.25, 0.3) is 0 Å². The minimum atomic E-state index is -0.0361. The molecule has 2 aromatic rings. The highest BCUT2D eigenvalue weighted by Crippen LogP contribution is 2.19. The maximum absolute atomic E-state index is 5.86. The van der Waals surface area contributed by atoms with Gasteiger partial charge in [-0.25, -0.2) is 4.98 Å². The van der Waals surface area contributed by atoms with Gasteiger partial charge < -0.3 is 4.74 Å². The molecule has 7 nitrogen and oxygen atoms in total. The number of morpholine rings is 1. The number of ether oxygens (including phenoxy) is 1. The van der Waals surface area contributed by atoms with E-state index in [9.17, 15) is 0 Å². The van der Waals surface area contributed by atoms with Crippen molar-refractivity contribution in [1.29, 1.82) is 0 Å². The van der Waals surface area contributed by atoms with Crippen LogP contribution in [0.3, 0.4) is 0 Å². The Morgan fingerprint density at radius 3 is 2.96 bits per heavy atom. The first-order chi connectivity index (χ1) is 11.2. The van der Waals surface area contributed by atoms with E-state index in [1.807, 2.05) is 6.92 Å². The molecule has 3 heterocycles. The van der Waals surface area contributed by atoms with Crippen LogP contribution in [0.15, 0.2) is 6.07 Å². The van der Waals surface area contributed by atoms with Crippen LogP contribution in [0.5, 0.6) is 0 Å². The Morgan fingerprint density at radius 1 is 1.35 bits per heavy atom. The number of nitrogens with zero attached hydrogens (tertiary/aromatic N) is 5. The molecule has 0 spiro atoms. The minimum absolute atomic E-state index is 0.0361. The molecule has 1 fully saturated rings. The first kappa shape index (κ1) is 16.1. The lowest BCUT2D eigenvalue weighted by atomic mass is 10.2. The van der Waals surface area contributed by atoms with Gasteiger partial charge in [0.1, 0.15) is 11.9 Å². The van der Waals surface area contributed by atoms with E-state index in [-0.39, 0.29) is 6.10 Å². The lowest BCUT2D eigenvalue weighted by Crippen LogP contribution is -2.40. The summed E-state index contributed by atoms with van der Waals surface area (Å²) in [6.45, 7) is 10.6. The van der Waals surface area contributed by atoms with Crippen LogP contribution in [0.2, 0.25) is 0 Å². The Hall–Kier alpha value is -1.73. The Labute approximate surface area is 137 Å². The number of rotatable bonds is 6. The van der Waals surface area contributed by atoms with Gasteiger partial charge in [0.05, 0.1) is 18.8 Å². The lowest BCUT2D eigenvalue weighted by Gasteiger charge is -2.31. The van der Waals surface area contributed by atoms with Crippen molar-refractivity contribution in [2.75, 3.05) is 26.2 Å². The van der Waals surface area contributed by atoms with E-state index in [1.165, 1.54) is 5.69 Å². The zero-order valence-electron chi connectivity index (χ0n) is 14.2. The molecule has 3 rings (SSSR count). The molecular weight excluding hydrogens is 292 g/mol. The van der Waals surface area contributed by atoms with E-state index in [0.717, 1.165) is 63.0 Å². The second-order valence-electron chi connectivity index (χ2n) is 6.20. The molecule has 0 radical (unpaired) electrons. The molecule has 7 heteroatoms. The summed E-state index contributed by atoms with van der Waals surface area (Å²) >= 11 is 0. The maximum Gasteiger partial charge on any atom is 0.180 e. The first-order valence-electron chi connectivity index (χ1n) is 8.42. The van der Waals surface area contributed by atoms with Crippen molar-refractivity contribution in [3.8, 4) is 0 Å². The number of hydrogen-bond acceptors (Lipinski definition) is 5.